The van der Waals surface area contributed by atoms with Crippen LogP contribution >= 0.6 is 0 Å². The van der Waals surface area contributed by atoms with E-state index < -0.39 is 0 Å². The van der Waals surface area contributed by atoms with Crippen molar-refractivity contribution in [3.05, 3.63) is 34.9 Å². The molecule has 0 amide bonds. The molecule has 0 heterocycles. The zero-order chi connectivity index (χ0) is 14.6. The Hall–Kier alpha value is -1.64. The maximum absolute atomic E-state index is 11.8. The zero-order valence-corrected chi connectivity index (χ0v) is 12.3. The maximum atomic E-state index is 11.8. The van der Waals surface area contributed by atoms with Crippen LogP contribution in [0.3, 0.4) is 0 Å². The summed E-state index contributed by atoms with van der Waals surface area (Å²) in [5, 5.41) is 0. The highest BCUT2D eigenvalue weighted by Crippen LogP contribution is 2.46. The molecule has 3 nitrogen and oxygen atoms in total. The number of benzene rings is 1. The van der Waals surface area contributed by atoms with Gasteiger partial charge in [-0.15, -0.1) is 0 Å². The number of hydrogen-bond acceptors (Lipinski definition) is 3. The fraction of sp³-hybridized carbons (Fsp3) is 0.529. The average Bonchev–Trinajstić information content (AvgIpc) is 2.80. The monoisotopic (exact) mass is 274 g/mol. The Balaban J connectivity index is 2.32. The molecule has 108 valence electrons. The van der Waals surface area contributed by atoms with Crippen LogP contribution in [0.1, 0.15) is 48.8 Å². The summed E-state index contributed by atoms with van der Waals surface area (Å²) < 4.78 is 4.88. The van der Waals surface area contributed by atoms with E-state index in [1.807, 2.05) is 0 Å². The minimum Gasteiger partial charge on any atom is -0.469 e. The summed E-state index contributed by atoms with van der Waals surface area (Å²) in [6.07, 6.45) is 5.62. The number of esters is 1. The third kappa shape index (κ3) is 2.77. The van der Waals surface area contributed by atoms with Crippen LogP contribution in [0, 0.1) is 6.92 Å². The van der Waals surface area contributed by atoms with E-state index in [9.17, 15) is 9.59 Å². The van der Waals surface area contributed by atoms with Crippen molar-refractivity contribution in [2.24, 2.45) is 0 Å². The highest BCUT2D eigenvalue weighted by atomic mass is 16.5. The molecular formula is C17H22O3. The second kappa shape index (κ2) is 6.21. The number of unbranched alkanes of at least 4 members (excludes halogenated alkanes) is 1. The fourth-order valence-electron chi connectivity index (χ4n) is 3.43. The first-order valence-electron chi connectivity index (χ1n) is 7.22. The molecule has 0 aliphatic heterocycles. The average molecular weight is 274 g/mol. The second-order valence-electron chi connectivity index (χ2n) is 5.69. The molecule has 1 unspecified atom stereocenters. The first kappa shape index (κ1) is 14.8. The summed E-state index contributed by atoms with van der Waals surface area (Å²) in [7, 11) is 1.44. The molecular weight excluding hydrogens is 252 g/mol. The van der Waals surface area contributed by atoms with Gasteiger partial charge in [0.25, 0.3) is 0 Å². The van der Waals surface area contributed by atoms with E-state index in [2.05, 4.69) is 25.1 Å². The third-order valence-corrected chi connectivity index (χ3v) is 4.52. The van der Waals surface area contributed by atoms with Crippen LogP contribution in [0.25, 0.3) is 0 Å². The van der Waals surface area contributed by atoms with Gasteiger partial charge in [-0.2, -0.15) is 0 Å². The summed E-state index contributed by atoms with van der Waals surface area (Å²) in [6, 6.07) is 6.32. The molecule has 0 radical (unpaired) electrons. The van der Waals surface area contributed by atoms with Crippen molar-refractivity contribution in [1.82, 2.24) is 0 Å². The number of aryl methyl sites for hydroxylation is 1. The molecule has 1 atom stereocenters. The number of fused-ring (bicyclic) bond motifs is 1. The van der Waals surface area contributed by atoms with Gasteiger partial charge in [-0.05, 0) is 49.3 Å². The van der Waals surface area contributed by atoms with Gasteiger partial charge in [0.05, 0.1) is 13.5 Å². The highest BCUT2D eigenvalue weighted by Gasteiger charge is 2.40. The Kier molecular flexibility index (Phi) is 4.58. The van der Waals surface area contributed by atoms with Crippen LogP contribution in [0.2, 0.25) is 0 Å². The molecule has 0 N–H and O–H groups in total. The smallest absolute Gasteiger partial charge is 0.306 e. The predicted molar refractivity (Wildman–Crippen MR) is 77.7 cm³/mol. The quantitative estimate of drug-likeness (QED) is 0.455. The lowest BCUT2D eigenvalue weighted by molar-refractivity contribution is -0.142. The van der Waals surface area contributed by atoms with E-state index in [0.717, 1.165) is 32.0 Å². The normalized spacial score (nSPS) is 20.5. The molecule has 0 saturated heterocycles. The summed E-state index contributed by atoms with van der Waals surface area (Å²) >= 11 is 0. The van der Waals surface area contributed by atoms with Gasteiger partial charge < -0.3 is 9.53 Å². The number of methoxy groups -OCH3 is 1. The zero-order valence-electron chi connectivity index (χ0n) is 12.3. The lowest BCUT2D eigenvalue weighted by atomic mass is 9.74. The topological polar surface area (TPSA) is 43.4 Å². The van der Waals surface area contributed by atoms with E-state index in [-0.39, 0.29) is 11.4 Å². The molecule has 0 aromatic heterocycles. The Bertz CT molecular complexity index is 507. The minimum atomic E-state index is -0.162. The van der Waals surface area contributed by atoms with Crippen LogP contribution in [0.15, 0.2) is 18.2 Å². The third-order valence-electron chi connectivity index (χ3n) is 4.52. The van der Waals surface area contributed by atoms with Gasteiger partial charge in [0.15, 0.2) is 0 Å². The van der Waals surface area contributed by atoms with Gasteiger partial charge >= 0.3 is 5.97 Å². The van der Waals surface area contributed by atoms with Crippen molar-refractivity contribution >= 4 is 12.3 Å². The lowest BCUT2D eigenvalue weighted by Gasteiger charge is -2.29. The van der Waals surface area contributed by atoms with Crippen molar-refractivity contribution in [3.8, 4) is 0 Å². The number of rotatable bonds is 6. The van der Waals surface area contributed by atoms with Gasteiger partial charge in [-0.25, -0.2) is 0 Å². The molecule has 0 spiro atoms. The van der Waals surface area contributed by atoms with Crippen LogP contribution in [-0.2, 0) is 26.2 Å². The van der Waals surface area contributed by atoms with E-state index in [0.29, 0.717) is 12.8 Å². The molecule has 2 rings (SSSR count). The molecule has 1 aliphatic carbocycles. The minimum absolute atomic E-state index is 0.141. The Morgan fingerprint density at radius 1 is 1.45 bits per heavy atom. The molecule has 1 aliphatic rings. The Morgan fingerprint density at radius 2 is 2.25 bits per heavy atom. The largest absolute Gasteiger partial charge is 0.469 e. The van der Waals surface area contributed by atoms with Gasteiger partial charge in [-0.3, -0.25) is 4.79 Å². The summed E-state index contributed by atoms with van der Waals surface area (Å²) in [5.41, 5.74) is 3.82. The van der Waals surface area contributed by atoms with E-state index in [1.165, 1.54) is 23.8 Å². The van der Waals surface area contributed by atoms with Gasteiger partial charge in [-0.1, -0.05) is 18.2 Å². The Labute approximate surface area is 120 Å². The first-order valence-corrected chi connectivity index (χ1v) is 7.22. The van der Waals surface area contributed by atoms with Gasteiger partial charge in [0.2, 0.25) is 0 Å². The summed E-state index contributed by atoms with van der Waals surface area (Å²) in [6.45, 7) is 2.12. The highest BCUT2D eigenvalue weighted by molar-refractivity contribution is 5.72. The van der Waals surface area contributed by atoms with Crippen molar-refractivity contribution in [2.75, 3.05) is 7.11 Å². The molecule has 0 fully saturated rings. The molecule has 1 aromatic carbocycles. The van der Waals surface area contributed by atoms with Crippen molar-refractivity contribution in [2.45, 2.75) is 50.9 Å². The van der Waals surface area contributed by atoms with Crippen molar-refractivity contribution in [1.29, 1.82) is 0 Å². The molecule has 3 heteroatoms. The van der Waals surface area contributed by atoms with Crippen molar-refractivity contribution < 1.29 is 14.3 Å². The van der Waals surface area contributed by atoms with Gasteiger partial charge in [0, 0.05) is 11.8 Å². The second-order valence-corrected chi connectivity index (χ2v) is 5.69. The SMILES string of the molecule is COC(=O)CC1(CCCC=O)CCc2c(C)cccc21. The molecule has 20 heavy (non-hydrogen) atoms. The van der Waals surface area contributed by atoms with Crippen LogP contribution < -0.4 is 0 Å². The lowest BCUT2D eigenvalue weighted by Crippen LogP contribution is -2.27. The number of carbonyl (C=O) groups is 2. The van der Waals surface area contributed by atoms with Crippen molar-refractivity contribution in [3.63, 3.8) is 0 Å². The van der Waals surface area contributed by atoms with Crippen LogP contribution in [0.5, 0.6) is 0 Å². The van der Waals surface area contributed by atoms with Gasteiger partial charge in [0.1, 0.15) is 6.29 Å². The molecule has 0 bridgehead atoms. The number of aldehydes is 1. The summed E-state index contributed by atoms with van der Waals surface area (Å²) in [4.78, 5) is 22.4. The van der Waals surface area contributed by atoms with E-state index >= 15 is 0 Å². The van der Waals surface area contributed by atoms with Crippen LogP contribution in [-0.4, -0.2) is 19.4 Å². The first-order chi connectivity index (χ1) is 9.63. The Morgan fingerprint density at radius 3 is 2.95 bits per heavy atom. The maximum Gasteiger partial charge on any atom is 0.306 e. The molecule has 0 saturated carbocycles. The number of carbonyl (C=O) groups excluding carboxylic acids is 2. The van der Waals surface area contributed by atoms with E-state index in [4.69, 9.17) is 4.74 Å². The standard InChI is InChI=1S/C17H22O3/c1-13-6-5-7-15-14(13)8-10-17(15,9-3-4-11-18)12-16(19)20-2/h5-7,11H,3-4,8-10,12H2,1-2H3. The number of ether oxygens (including phenoxy) is 1. The number of hydrogen-bond donors (Lipinski definition) is 0. The predicted octanol–water partition coefficient (Wildman–Crippen LogP) is 3.11. The summed E-state index contributed by atoms with van der Waals surface area (Å²) in [5.74, 6) is -0.162. The fourth-order valence-corrected chi connectivity index (χ4v) is 3.43. The molecule has 1 aromatic rings. The van der Waals surface area contributed by atoms with Crippen LogP contribution in [0.4, 0.5) is 0 Å². The van der Waals surface area contributed by atoms with E-state index in [1.54, 1.807) is 0 Å².